The van der Waals surface area contributed by atoms with Gasteiger partial charge in [-0.15, -0.1) is 0 Å². The summed E-state index contributed by atoms with van der Waals surface area (Å²) in [6.45, 7) is 3.43. The lowest BCUT2D eigenvalue weighted by Gasteiger charge is -2.08. The third-order valence-corrected chi connectivity index (χ3v) is 2.37. The number of amides is 1. The molecule has 0 aliphatic heterocycles. The monoisotopic (exact) mass is 231 g/mol. The smallest absolute Gasteiger partial charge is 0.248 e. The summed E-state index contributed by atoms with van der Waals surface area (Å²) in [7, 11) is 0. The summed E-state index contributed by atoms with van der Waals surface area (Å²) in [5, 5.41) is 9.46. The molecular formula is C9H7Cl2NO2. The van der Waals surface area contributed by atoms with Crippen LogP contribution in [-0.2, 0) is 4.79 Å². The molecule has 0 radical (unpaired) electrons. The minimum absolute atomic E-state index is 0.0266. The van der Waals surface area contributed by atoms with E-state index < -0.39 is 5.91 Å². The van der Waals surface area contributed by atoms with Gasteiger partial charge < -0.3 is 10.8 Å². The average Bonchev–Trinajstić information content (AvgIpc) is 2.12. The summed E-state index contributed by atoms with van der Waals surface area (Å²) in [5.41, 5.74) is 5.15. The predicted molar refractivity (Wildman–Crippen MR) is 56.4 cm³/mol. The van der Waals surface area contributed by atoms with Crippen molar-refractivity contribution >= 4 is 34.7 Å². The van der Waals surface area contributed by atoms with Crippen molar-refractivity contribution in [2.24, 2.45) is 5.73 Å². The number of phenols is 1. The highest BCUT2D eigenvalue weighted by atomic mass is 35.5. The van der Waals surface area contributed by atoms with Crippen LogP contribution in [0, 0.1) is 0 Å². The summed E-state index contributed by atoms with van der Waals surface area (Å²) < 4.78 is 0. The van der Waals surface area contributed by atoms with Crippen molar-refractivity contribution in [2.45, 2.75) is 0 Å². The van der Waals surface area contributed by atoms with Crippen molar-refractivity contribution in [2.75, 3.05) is 0 Å². The van der Waals surface area contributed by atoms with Crippen LogP contribution >= 0.6 is 23.2 Å². The predicted octanol–water partition coefficient (Wildman–Crippen LogP) is 2.20. The quantitative estimate of drug-likeness (QED) is 0.767. The molecule has 0 aromatic heterocycles. The highest BCUT2D eigenvalue weighted by Gasteiger charge is 2.16. The Bertz CT molecular complexity index is 416. The number of rotatable bonds is 2. The van der Waals surface area contributed by atoms with Gasteiger partial charge in [-0.2, -0.15) is 0 Å². The molecule has 0 saturated heterocycles. The van der Waals surface area contributed by atoms with E-state index in [9.17, 15) is 9.90 Å². The van der Waals surface area contributed by atoms with E-state index in [0.29, 0.717) is 0 Å². The number of benzene rings is 1. The van der Waals surface area contributed by atoms with Gasteiger partial charge in [-0.3, -0.25) is 4.79 Å². The maximum Gasteiger partial charge on any atom is 0.248 e. The number of phenolic OH excluding ortho intramolecular Hbond substituents is 1. The van der Waals surface area contributed by atoms with Gasteiger partial charge in [0, 0.05) is 11.1 Å². The number of carbonyl (C=O) groups is 1. The molecule has 1 rings (SSSR count). The Morgan fingerprint density at radius 3 is 2.50 bits per heavy atom. The van der Waals surface area contributed by atoms with Gasteiger partial charge >= 0.3 is 0 Å². The molecule has 0 saturated carbocycles. The van der Waals surface area contributed by atoms with Crippen LogP contribution in [0.5, 0.6) is 5.75 Å². The molecular weight excluding hydrogens is 225 g/mol. The standard InChI is InChI=1S/C9H7Cl2NO2/c1-4(9(12)14)7-5(10)2-3-6(13)8(7)11/h2-3,13H,1H2,(H2,12,14). The SMILES string of the molecule is C=C(C(N)=O)c1c(Cl)ccc(O)c1Cl. The number of aromatic hydroxyl groups is 1. The van der Waals surface area contributed by atoms with Crippen molar-refractivity contribution in [3.05, 3.63) is 34.3 Å². The van der Waals surface area contributed by atoms with Crippen molar-refractivity contribution in [1.82, 2.24) is 0 Å². The lowest BCUT2D eigenvalue weighted by Crippen LogP contribution is -2.12. The van der Waals surface area contributed by atoms with Gasteiger partial charge in [0.15, 0.2) is 0 Å². The second-order valence-corrected chi connectivity index (χ2v) is 3.38. The minimum Gasteiger partial charge on any atom is -0.506 e. The zero-order valence-corrected chi connectivity index (χ0v) is 8.56. The van der Waals surface area contributed by atoms with Gasteiger partial charge in [0.1, 0.15) is 5.75 Å². The van der Waals surface area contributed by atoms with Crippen LogP contribution in [0.4, 0.5) is 0 Å². The highest BCUT2D eigenvalue weighted by molar-refractivity contribution is 6.41. The van der Waals surface area contributed by atoms with Crippen LogP contribution in [0.3, 0.4) is 0 Å². The Labute approximate surface area is 90.7 Å². The van der Waals surface area contributed by atoms with Crippen molar-refractivity contribution in [3.63, 3.8) is 0 Å². The van der Waals surface area contributed by atoms with Gasteiger partial charge in [0.05, 0.1) is 10.0 Å². The fourth-order valence-corrected chi connectivity index (χ4v) is 1.54. The van der Waals surface area contributed by atoms with Crippen LogP contribution in [0.15, 0.2) is 18.7 Å². The minimum atomic E-state index is -0.737. The number of halogens is 2. The average molecular weight is 232 g/mol. The first-order chi connectivity index (χ1) is 6.45. The van der Waals surface area contributed by atoms with Crippen LogP contribution < -0.4 is 5.73 Å². The molecule has 74 valence electrons. The van der Waals surface area contributed by atoms with E-state index in [2.05, 4.69) is 6.58 Å². The zero-order chi connectivity index (χ0) is 10.9. The fourth-order valence-electron chi connectivity index (χ4n) is 0.941. The summed E-state index contributed by atoms with van der Waals surface area (Å²) in [6.07, 6.45) is 0. The van der Waals surface area contributed by atoms with E-state index >= 15 is 0 Å². The van der Waals surface area contributed by atoms with Gasteiger partial charge in [0.2, 0.25) is 5.91 Å². The molecule has 1 aromatic rings. The number of hydrogen-bond acceptors (Lipinski definition) is 2. The van der Waals surface area contributed by atoms with Crippen LogP contribution in [0.25, 0.3) is 5.57 Å². The van der Waals surface area contributed by atoms with E-state index in [-0.39, 0.29) is 26.9 Å². The van der Waals surface area contributed by atoms with E-state index in [1.165, 1.54) is 12.1 Å². The van der Waals surface area contributed by atoms with Gasteiger partial charge in [0.25, 0.3) is 0 Å². The maximum absolute atomic E-state index is 10.8. The maximum atomic E-state index is 10.8. The topological polar surface area (TPSA) is 63.3 Å². The lowest BCUT2D eigenvalue weighted by molar-refractivity contribution is -0.112. The van der Waals surface area contributed by atoms with Crippen molar-refractivity contribution in [3.8, 4) is 5.75 Å². The molecule has 0 unspecified atom stereocenters. The molecule has 5 heteroatoms. The summed E-state index contributed by atoms with van der Waals surface area (Å²) >= 11 is 11.5. The third kappa shape index (κ3) is 1.84. The Balaban J connectivity index is 3.40. The summed E-state index contributed by atoms with van der Waals surface area (Å²) in [4.78, 5) is 10.8. The van der Waals surface area contributed by atoms with E-state index in [0.717, 1.165) is 0 Å². The zero-order valence-electron chi connectivity index (χ0n) is 7.05. The Kier molecular flexibility index (Phi) is 3.03. The largest absolute Gasteiger partial charge is 0.506 e. The molecule has 0 aliphatic carbocycles. The first-order valence-corrected chi connectivity index (χ1v) is 4.36. The molecule has 14 heavy (non-hydrogen) atoms. The fraction of sp³-hybridized carbons (Fsp3) is 0. The number of carbonyl (C=O) groups excluding carboxylic acids is 1. The number of nitrogens with two attached hydrogens (primary N) is 1. The van der Waals surface area contributed by atoms with E-state index in [4.69, 9.17) is 28.9 Å². The Hall–Kier alpha value is -1.19. The number of primary amides is 1. The number of hydrogen-bond donors (Lipinski definition) is 2. The second kappa shape index (κ2) is 3.90. The second-order valence-electron chi connectivity index (χ2n) is 2.60. The highest BCUT2D eigenvalue weighted by Crippen LogP contribution is 2.36. The third-order valence-electron chi connectivity index (χ3n) is 1.67. The molecule has 0 spiro atoms. The van der Waals surface area contributed by atoms with Gasteiger partial charge in [-0.05, 0) is 12.1 Å². The molecule has 1 amide bonds. The molecule has 0 atom stereocenters. The van der Waals surface area contributed by atoms with Gasteiger partial charge in [-0.25, -0.2) is 0 Å². The molecule has 1 aromatic carbocycles. The Morgan fingerprint density at radius 2 is 2.00 bits per heavy atom. The van der Waals surface area contributed by atoms with Crippen molar-refractivity contribution < 1.29 is 9.90 Å². The normalized spacial score (nSPS) is 9.86. The molecule has 0 bridgehead atoms. The van der Waals surface area contributed by atoms with Crippen molar-refractivity contribution in [1.29, 1.82) is 0 Å². The van der Waals surface area contributed by atoms with E-state index in [1.54, 1.807) is 0 Å². The molecule has 3 N–H and O–H groups in total. The van der Waals surface area contributed by atoms with E-state index in [1.807, 2.05) is 0 Å². The first-order valence-electron chi connectivity index (χ1n) is 3.61. The molecule has 0 heterocycles. The summed E-state index contributed by atoms with van der Waals surface area (Å²) in [5.74, 6) is -0.909. The van der Waals surface area contributed by atoms with Crippen LogP contribution in [-0.4, -0.2) is 11.0 Å². The molecule has 0 aliphatic rings. The molecule has 0 fully saturated rings. The first kappa shape index (κ1) is 10.9. The van der Waals surface area contributed by atoms with Gasteiger partial charge in [-0.1, -0.05) is 29.8 Å². The van der Waals surface area contributed by atoms with Crippen LogP contribution in [0.2, 0.25) is 10.0 Å². The molecule has 3 nitrogen and oxygen atoms in total. The van der Waals surface area contributed by atoms with Crippen LogP contribution in [0.1, 0.15) is 5.56 Å². The lowest BCUT2D eigenvalue weighted by atomic mass is 10.1. The summed E-state index contributed by atoms with van der Waals surface area (Å²) in [6, 6.07) is 2.73. The Morgan fingerprint density at radius 1 is 1.43 bits per heavy atom.